The van der Waals surface area contributed by atoms with Crippen molar-refractivity contribution in [3.05, 3.63) is 34.2 Å². The smallest absolute Gasteiger partial charge is 0.161 e. The normalized spacial score (nSPS) is 11.2. The van der Waals surface area contributed by atoms with Crippen LogP contribution in [0, 0.1) is 18.6 Å². The topological polar surface area (TPSA) is 41.6 Å². The SMILES string of the molecule is Cc1nc(-c2nc3cc(F)c(F)cc3[nH]2)cs1. The molecule has 1 aromatic carbocycles. The molecule has 0 amide bonds. The molecule has 3 aromatic rings. The lowest BCUT2D eigenvalue weighted by molar-refractivity contribution is 0.510. The third-order valence-corrected chi connectivity index (χ3v) is 3.16. The molecule has 0 atom stereocenters. The van der Waals surface area contributed by atoms with Gasteiger partial charge in [0.25, 0.3) is 0 Å². The Morgan fingerprint density at radius 3 is 2.65 bits per heavy atom. The first-order valence-corrected chi connectivity index (χ1v) is 5.79. The molecule has 0 unspecified atom stereocenters. The van der Waals surface area contributed by atoms with E-state index in [-0.39, 0.29) is 0 Å². The molecule has 6 heteroatoms. The van der Waals surface area contributed by atoms with Crippen LogP contribution >= 0.6 is 11.3 Å². The fourth-order valence-electron chi connectivity index (χ4n) is 1.60. The summed E-state index contributed by atoms with van der Waals surface area (Å²) in [7, 11) is 0. The van der Waals surface area contributed by atoms with Crippen molar-refractivity contribution in [1.82, 2.24) is 15.0 Å². The van der Waals surface area contributed by atoms with E-state index in [1.165, 1.54) is 11.3 Å². The van der Waals surface area contributed by atoms with Gasteiger partial charge in [0.1, 0.15) is 5.69 Å². The van der Waals surface area contributed by atoms with Gasteiger partial charge < -0.3 is 4.98 Å². The van der Waals surface area contributed by atoms with Crippen molar-refractivity contribution in [2.24, 2.45) is 0 Å². The highest BCUT2D eigenvalue weighted by Crippen LogP contribution is 2.23. The summed E-state index contributed by atoms with van der Waals surface area (Å²) in [4.78, 5) is 11.4. The molecular weight excluding hydrogens is 244 g/mol. The molecule has 2 heterocycles. The number of H-pyrrole nitrogens is 1. The molecule has 0 saturated carbocycles. The van der Waals surface area contributed by atoms with E-state index in [2.05, 4.69) is 15.0 Å². The van der Waals surface area contributed by atoms with E-state index < -0.39 is 11.6 Å². The van der Waals surface area contributed by atoms with E-state index in [1.807, 2.05) is 12.3 Å². The molecule has 0 aliphatic rings. The molecule has 17 heavy (non-hydrogen) atoms. The molecule has 3 nitrogen and oxygen atoms in total. The summed E-state index contributed by atoms with van der Waals surface area (Å²) < 4.78 is 26.1. The Morgan fingerprint density at radius 1 is 1.18 bits per heavy atom. The number of aromatic amines is 1. The average molecular weight is 251 g/mol. The average Bonchev–Trinajstić information content (AvgIpc) is 2.85. The number of hydrogen-bond donors (Lipinski definition) is 1. The molecule has 0 spiro atoms. The minimum atomic E-state index is -0.898. The van der Waals surface area contributed by atoms with Gasteiger partial charge in [0.05, 0.1) is 16.0 Å². The second-order valence-corrected chi connectivity index (χ2v) is 4.68. The lowest BCUT2D eigenvalue weighted by Crippen LogP contribution is -1.82. The molecule has 0 aliphatic heterocycles. The maximum Gasteiger partial charge on any atom is 0.161 e. The minimum Gasteiger partial charge on any atom is -0.337 e. The summed E-state index contributed by atoms with van der Waals surface area (Å²) in [6.07, 6.45) is 0. The largest absolute Gasteiger partial charge is 0.337 e. The Labute approximate surface area is 99.2 Å². The zero-order valence-corrected chi connectivity index (χ0v) is 9.61. The van der Waals surface area contributed by atoms with Crippen molar-refractivity contribution in [2.75, 3.05) is 0 Å². The van der Waals surface area contributed by atoms with Crippen LogP contribution < -0.4 is 0 Å². The maximum absolute atomic E-state index is 13.0. The van der Waals surface area contributed by atoms with Crippen molar-refractivity contribution in [1.29, 1.82) is 0 Å². The Bertz CT molecular complexity index is 663. The van der Waals surface area contributed by atoms with Crippen LogP contribution in [0.3, 0.4) is 0 Å². The molecule has 2 aromatic heterocycles. The number of imidazole rings is 1. The monoisotopic (exact) mass is 251 g/mol. The van der Waals surface area contributed by atoms with Gasteiger partial charge in [-0.3, -0.25) is 0 Å². The third-order valence-electron chi connectivity index (χ3n) is 2.39. The number of aromatic nitrogens is 3. The summed E-state index contributed by atoms with van der Waals surface area (Å²) in [5.41, 5.74) is 1.54. The summed E-state index contributed by atoms with van der Waals surface area (Å²) in [5, 5.41) is 2.76. The zero-order chi connectivity index (χ0) is 12.0. The number of halogens is 2. The molecule has 0 saturated heterocycles. The number of benzene rings is 1. The van der Waals surface area contributed by atoms with Gasteiger partial charge in [0, 0.05) is 17.5 Å². The highest BCUT2D eigenvalue weighted by molar-refractivity contribution is 7.09. The van der Waals surface area contributed by atoms with Gasteiger partial charge in [-0.1, -0.05) is 0 Å². The summed E-state index contributed by atoms with van der Waals surface area (Å²) in [6.45, 7) is 1.89. The van der Waals surface area contributed by atoms with E-state index in [4.69, 9.17) is 0 Å². The molecule has 1 N–H and O–H groups in total. The number of nitrogens with zero attached hydrogens (tertiary/aromatic N) is 2. The quantitative estimate of drug-likeness (QED) is 0.721. The van der Waals surface area contributed by atoms with Crippen molar-refractivity contribution < 1.29 is 8.78 Å². The van der Waals surface area contributed by atoms with Crippen LogP contribution in [0.5, 0.6) is 0 Å². The number of thiazole rings is 1. The van der Waals surface area contributed by atoms with E-state index in [1.54, 1.807) is 0 Å². The molecule has 0 aliphatic carbocycles. The van der Waals surface area contributed by atoms with Gasteiger partial charge in [0.2, 0.25) is 0 Å². The van der Waals surface area contributed by atoms with Gasteiger partial charge in [-0.25, -0.2) is 18.7 Å². The molecule has 0 fully saturated rings. The zero-order valence-electron chi connectivity index (χ0n) is 8.79. The predicted octanol–water partition coefficient (Wildman–Crippen LogP) is 3.27. The molecule has 3 rings (SSSR count). The highest BCUT2D eigenvalue weighted by Gasteiger charge is 2.11. The third kappa shape index (κ3) is 1.70. The van der Waals surface area contributed by atoms with E-state index in [0.29, 0.717) is 22.6 Å². The second-order valence-electron chi connectivity index (χ2n) is 3.62. The van der Waals surface area contributed by atoms with Crippen LogP contribution in [0.25, 0.3) is 22.6 Å². The summed E-state index contributed by atoms with van der Waals surface area (Å²) >= 11 is 1.50. The van der Waals surface area contributed by atoms with Crippen LogP contribution in [0.4, 0.5) is 8.78 Å². The van der Waals surface area contributed by atoms with Gasteiger partial charge in [-0.15, -0.1) is 11.3 Å². The predicted molar refractivity (Wildman–Crippen MR) is 61.9 cm³/mol. The number of hydrogen-bond acceptors (Lipinski definition) is 3. The first kappa shape index (κ1) is 10.3. The van der Waals surface area contributed by atoms with Crippen LogP contribution in [0.2, 0.25) is 0 Å². The lowest BCUT2D eigenvalue weighted by atomic mass is 10.3. The highest BCUT2D eigenvalue weighted by atomic mass is 32.1. The second kappa shape index (κ2) is 3.59. The number of nitrogens with one attached hydrogen (secondary N) is 1. The summed E-state index contributed by atoms with van der Waals surface area (Å²) in [6, 6.07) is 2.17. The fourth-order valence-corrected chi connectivity index (χ4v) is 2.20. The Morgan fingerprint density at radius 2 is 1.94 bits per heavy atom. The van der Waals surface area contributed by atoms with E-state index in [9.17, 15) is 8.78 Å². The molecule has 0 bridgehead atoms. The van der Waals surface area contributed by atoms with Crippen LogP contribution in [-0.4, -0.2) is 15.0 Å². The Hall–Kier alpha value is -1.82. The number of fused-ring (bicyclic) bond motifs is 1. The maximum atomic E-state index is 13.0. The van der Waals surface area contributed by atoms with Crippen molar-refractivity contribution >= 4 is 22.4 Å². The number of aryl methyl sites for hydroxylation is 1. The first-order chi connectivity index (χ1) is 8.13. The first-order valence-electron chi connectivity index (χ1n) is 4.91. The number of rotatable bonds is 1. The molecule has 86 valence electrons. The molecular formula is C11H7F2N3S. The Kier molecular flexibility index (Phi) is 2.19. The van der Waals surface area contributed by atoms with Crippen molar-refractivity contribution in [2.45, 2.75) is 6.92 Å². The summed E-state index contributed by atoms with van der Waals surface area (Å²) in [5.74, 6) is -1.26. The van der Waals surface area contributed by atoms with Crippen molar-refractivity contribution in [3.63, 3.8) is 0 Å². The van der Waals surface area contributed by atoms with Gasteiger partial charge in [-0.05, 0) is 6.92 Å². The molecule has 0 radical (unpaired) electrons. The van der Waals surface area contributed by atoms with Gasteiger partial charge in [0.15, 0.2) is 17.5 Å². The van der Waals surface area contributed by atoms with Gasteiger partial charge >= 0.3 is 0 Å². The van der Waals surface area contributed by atoms with Crippen LogP contribution in [-0.2, 0) is 0 Å². The van der Waals surface area contributed by atoms with Crippen molar-refractivity contribution in [3.8, 4) is 11.5 Å². The van der Waals surface area contributed by atoms with E-state index in [0.717, 1.165) is 17.1 Å². The standard InChI is InChI=1S/C11H7F2N3S/c1-5-14-10(4-17-5)11-15-8-2-6(12)7(13)3-9(8)16-11/h2-4H,1H3,(H,15,16). The minimum absolute atomic E-state index is 0.393. The van der Waals surface area contributed by atoms with Crippen LogP contribution in [0.1, 0.15) is 5.01 Å². The van der Waals surface area contributed by atoms with E-state index >= 15 is 0 Å². The van der Waals surface area contributed by atoms with Gasteiger partial charge in [-0.2, -0.15) is 0 Å². The Balaban J connectivity index is 2.19. The van der Waals surface area contributed by atoms with Crippen LogP contribution in [0.15, 0.2) is 17.5 Å². The fraction of sp³-hybridized carbons (Fsp3) is 0.0909. The lowest BCUT2D eigenvalue weighted by Gasteiger charge is -1.90.